The Hall–Kier alpha value is -9.16. The summed E-state index contributed by atoms with van der Waals surface area (Å²) >= 11 is 0. The molecule has 19 aliphatic rings. The third kappa shape index (κ3) is 14.5. The van der Waals surface area contributed by atoms with Crippen LogP contribution in [0.4, 0.5) is 0 Å². The van der Waals surface area contributed by atoms with Crippen molar-refractivity contribution in [3.8, 4) is 0 Å². The maximum atomic E-state index is 13.0. The summed E-state index contributed by atoms with van der Waals surface area (Å²) in [6.07, 6.45) is 39.8. The number of ether oxygens (including phenoxy) is 8. The molecule has 8 heterocycles. The Bertz CT molecular complexity index is 5520. The number of cyclic esters (lactones) is 4. The van der Waals surface area contributed by atoms with Crippen molar-refractivity contribution in [3.05, 3.63) is 143 Å². The number of carbonyl (C=O) groups is 12. The first kappa shape index (κ1) is 98.4. The van der Waals surface area contributed by atoms with Gasteiger partial charge in [0.25, 0.3) is 0 Å². The van der Waals surface area contributed by atoms with Gasteiger partial charge in [0, 0.05) is 173 Å². The predicted octanol–water partition coefficient (Wildman–Crippen LogP) is 17.1. The Labute approximate surface area is 803 Å². The lowest BCUT2D eigenvalue weighted by atomic mass is 9.38. The Morgan fingerprint density at radius 3 is 1.03 bits per heavy atom. The molecule has 1 aromatic heterocycles. The molecule has 1 saturated heterocycles. The van der Waals surface area contributed by atoms with Gasteiger partial charge in [-0.2, -0.15) is 0 Å². The second-order valence-corrected chi connectivity index (χ2v) is 49.2. The summed E-state index contributed by atoms with van der Waals surface area (Å²) in [4.78, 5) is 156. The second-order valence-electron chi connectivity index (χ2n) is 49.2. The molecule has 0 radical (unpaired) electrons. The fourth-order valence-electron chi connectivity index (χ4n) is 34.2. The highest BCUT2D eigenvalue weighted by molar-refractivity contribution is 5.98. The van der Waals surface area contributed by atoms with Crippen LogP contribution in [0.5, 0.6) is 0 Å². The molecule has 30 atom stereocenters. The van der Waals surface area contributed by atoms with Crippen LogP contribution < -0.4 is 16.0 Å². The van der Waals surface area contributed by atoms with Gasteiger partial charge >= 0.3 is 47.8 Å². The van der Waals surface area contributed by atoms with Gasteiger partial charge in [-0.25, -0.2) is 19.2 Å². The molecule has 20 rings (SSSR count). The van der Waals surface area contributed by atoms with E-state index in [0.29, 0.717) is 32.2 Å². The van der Waals surface area contributed by atoms with E-state index in [1.807, 2.05) is 80.0 Å². The number of aromatic amines is 1. The maximum Gasteiger partial charge on any atom is 0.331 e. The Kier molecular flexibility index (Phi) is 24.1. The van der Waals surface area contributed by atoms with Crippen molar-refractivity contribution < 1.29 is 95.4 Å². The highest BCUT2D eigenvalue weighted by Crippen LogP contribution is 2.77. The van der Waals surface area contributed by atoms with E-state index in [0.717, 1.165) is 117 Å². The standard InChI is InChI=1S/C28H39NO5.2C28H37NO5.C28H35NO5/c4*1-16(30)33-22-13-19-25(2,3)21(31)8-11-26(19,4)18-7-10-27(5)20(28(18,22)6)14-23(32)34-24(27)17-9-12-29-15-17/h8,11,14,17-19,22,24,29H,7,9-10,12-13,15H2,1-6H3;8-9,11,14,18-19,22,24,29H,7,10,12-13,15H2,1-6H3;8-9,11-12,14,17-19,22,24,29H,7,10,13,15H2,1-6H3;8-9,11-12,14-15,18-19,22,24,29H,7,10,13H2,1-6H3/t17?,18?,19?,22-,24+,26-,27-,28-;18?,19?,22-,24+,26-,27-,28-;17?,18?,19?,22-,24+,26-,27-,28-;18?,19?,22-,24+,26-,27-,28-/m1111/s1. The van der Waals surface area contributed by atoms with Gasteiger partial charge in [-0.05, 0) is 223 Å². The lowest BCUT2D eigenvalue weighted by Gasteiger charge is -2.67. The van der Waals surface area contributed by atoms with Gasteiger partial charge in [-0.3, -0.25) is 38.4 Å². The Morgan fingerprint density at radius 2 is 0.713 bits per heavy atom. The molecule has 0 aromatic carbocycles. The molecule has 8 saturated carbocycles. The number of carbonyl (C=O) groups excluding carboxylic acids is 12. The number of fused-ring (bicyclic) bond motifs is 20. The van der Waals surface area contributed by atoms with Crippen LogP contribution >= 0.6 is 0 Å². The van der Waals surface area contributed by atoms with Gasteiger partial charge in [0.1, 0.15) is 48.8 Å². The van der Waals surface area contributed by atoms with Crippen molar-refractivity contribution in [2.45, 2.75) is 298 Å². The normalized spacial score (nSPS) is 45.2. The smallest absolute Gasteiger partial charge is 0.331 e. The van der Waals surface area contributed by atoms with E-state index < -0.39 is 79.3 Å². The van der Waals surface area contributed by atoms with Crippen molar-refractivity contribution in [2.24, 2.45) is 146 Å². The molecule has 24 heteroatoms. The van der Waals surface area contributed by atoms with Crippen molar-refractivity contribution in [3.63, 3.8) is 0 Å². The van der Waals surface area contributed by atoms with Gasteiger partial charge in [-0.15, -0.1) is 0 Å². The molecular formula is C112H148N4O20. The van der Waals surface area contributed by atoms with Crippen LogP contribution in [0.3, 0.4) is 0 Å². The number of rotatable bonds is 8. The quantitative estimate of drug-likeness (QED) is 0.107. The van der Waals surface area contributed by atoms with E-state index in [1.165, 1.54) is 27.7 Å². The monoisotopic (exact) mass is 1870 g/mol. The number of esters is 8. The maximum absolute atomic E-state index is 13.0. The van der Waals surface area contributed by atoms with E-state index in [9.17, 15) is 57.5 Å². The van der Waals surface area contributed by atoms with Crippen molar-refractivity contribution in [2.75, 3.05) is 32.7 Å². The fraction of sp³-hybridized carbons (Fsp3) is 0.679. The summed E-state index contributed by atoms with van der Waals surface area (Å²) in [5.41, 5.74) is -0.606. The van der Waals surface area contributed by atoms with E-state index in [-0.39, 0.29) is 186 Å². The number of aromatic nitrogens is 1. The van der Waals surface area contributed by atoms with Crippen LogP contribution in [0.1, 0.15) is 261 Å². The zero-order valence-electron chi connectivity index (χ0n) is 84.7. The Balaban J connectivity index is 0.000000126. The first-order chi connectivity index (χ1) is 63.4. The van der Waals surface area contributed by atoms with Crippen LogP contribution in [0.2, 0.25) is 0 Å². The minimum absolute atomic E-state index is 0.0286. The number of hydrogen-bond acceptors (Lipinski definition) is 23. The lowest BCUT2D eigenvalue weighted by Crippen LogP contribution is -2.66. The number of allylic oxidation sites excluding steroid dienone is 8. The average Bonchev–Trinajstić information content (AvgIpc) is 0.816. The molecule has 4 N–H and O–H groups in total. The summed E-state index contributed by atoms with van der Waals surface area (Å²) < 4.78 is 48.3. The van der Waals surface area contributed by atoms with Crippen LogP contribution in [0, 0.1) is 146 Å². The summed E-state index contributed by atoms with van der Waals surface area (Å²) in [7, 11) is 0. The summed E-state index contributed by atoms with van der Waals surface area (Å²) in [6, 6.07) is 1.96. The topological polar surface area (TPSA) is 331 Å². The van der Waals surface area contributed by atoms with E-state index >= 15 is 0 Å². The van der Waals surface area contributed by atoms with E-state index in [4.69, 9.17) is 37.9 Å². The molecule has 7 aliphatic heterocycles. The molecule has 10 unspecified atom stereocenters. The van der Waals surface area contributed by atoms with Gasteiger partial charge in [0.05, 0.1) is 0 Å². The molecule has 136 heavy (non-hydrogen) atoms. The molecule has 0 amide bonds. The van der Waals surface area contributed by atoms with E-state index in [2.05, 4.69) is 140 Å². The summed E-state index contributed by atoms with van der Waals surface area (Å²) in [5, 5.41) is 10.0. The zero-order chi connectivity index (χ0) is 98.7. The first-order valence-corrected chi connectivity index (χ1v) is 50.4. The lowest BCUT2D eigenvalue weighted by molar-refractivity contribution is -0.198. The molecule has 12 aliphatic carbocycles. The highest BCUT2D eigenvalue weighted by atomic mass is 16.6. The molecule has 1 aromatic rings. The third-order valence-corrected chi connectivity index (χ3v) is 40.8. The van der Waals surface area contributed by atoms with Crippen molar-refractivity contribution in [1.82, 2.24) is 20.9 Å². The SMILES string of the molecule is CC(=O)O[C@@H]1CC2C(C)(C)C(=O)C=C[C@]2(C)C2CC[C@]3(C)C(=CC(=O)O[C@H]3C3=CCNC3)[C@@]21C.CC(=O)O[C@@H]1CC2C(C)(C)C(=O)C=C[C@]2(C)C2CC[C@]3(C)C(=CC(=O)O[C@H]3C3C=CNC3)[C@@]21C.CC(=O)O[C@@H]1CC2C(C)(C)C(=O)C=C[C@]2(C)C2CC[C@]3(C)C(=CC(=O)O[C@H]3C3CCNC3)[C@@]21C.CC(=O)O[C@@H]1CC2C(C)(C)C(=O)C=C[C@]2(C)C2CC[C@]3(C)C(=CC(=O)O[C@H]3c3cc[nH]c3)[C@@]21C. The van der Waals surface area contributed by atoms with Gasteiger partial charge in [0.2, 0.25) is 0 Å². The van der Waals surface area contributed by atoms with Crippen LogP contribution in [0.25, 0.3) is 0 Å². The van der Waals surface area contributed by atoms with Crippen LogP contribution in [0.15, 0.2) is 138 Å². The molecule has 736 valence electrons. The number of H-pyrrole nitrogens is 1. The van der Waals surface area contributed by atoms with Crippen LogP contribution in [-0.4, -0.2) is 151 Å². The third-order valence-electron chi connectivity index (χ3n) is 40.8. The highest BCUT2D eigenvalue weighted by Gasteiger charge is 2.76. The molecule has 24 nitrogen and oxygen atoms in total. The summed E-state index contributed by atoms with van der Waals surface area (Å²) in [5.74, 6) is -1.05. The number of hydrogen-bond donors (Lipinski definition) is 4. The molecule has 9 fully saturated rings. The molecule has 0 bridgehead atoms. The largest absolute Gasteiger partial charge is 0.462 e. The van der Waals surface area contributed by atoms with Crippen molar-refractivity contribution in [1.29, 1.82) is 0 Å². The number of ketones is 4. The second kappa shape index (κ2) is 33.3. The van der Waals surface area contributed by atoms with Crippen molar-refractivity contribution >= 4 is 70.9 Å². The zero-order valence-corrected chi connectivity index (χ0v) is 84.7. The fourth-order valence-corrected chi connectivity index (χ4v) is 34.2. The predicted molar refractivity (Wildman–Crippen MR) is 509 cm³/mol. The molecule has 0 spiro atoms. The Morgan fingerprint density at radius 1 is 0.382 bits per heavy atom. The van der Waals surface area contributed by atoms with Gasteiger partial charge in [-0.1, -0.05) is 175 Å². The minimum atomic E-state index is -0.571. The van der Waals surface area contributed by atoms with Crippen LogP contribution in [-0.2, 0) is 95.4 Å². The van der Waals surface area contributed by atoms with Gasteiger partial charge < -0.3 is 58.8 Å². The van der Waals surface area contributed by atoms with Gasteiger partial charge in [0.15, 0.2) is 23.1 Å². The first-order valence-electron chi connectivity index (χ1n) is 50.4. The average molecular weight is 1870 g/mol. The van der Waals surface area contributed by atoms with E-state index in [1.54, 1.807) is 48.6 Å². The minimum Gasteiger partial charge on any atom is -0.462 e. The summed E-state index contributed by atoms with van der Waals surface area (Å²) in [6.45, 7) is 52.7. The molecular weight excluding hydrogens is 1720 g/mol. The number of nitrogens with one attached hydrogen (secondary N) is 4.